The lowest BCUT2D eigenvalue weighted by molar-refractivity contribution is -0.145. The van der Waals surface area contributed by atoms with Crippen LogP contribution in [0.4, 0.5) is 17.3 Å². The molecule has 8 heterocycles. The molecular formula is C64H78ClN15O9. The first-order valence-corrected chi connectivity index (χ1v) is 31.6. The van der Waals surface area contributed by atoms with Crippen molar-refractivity contribution in [2.24, 2.45) is 24.6 Å². The summed E-state index contributed by atoms with van der Waals surface area (Å²) in [5.74, 6) is -1.29. The van der Waals surface area contributed by atoms with Crippen LogP contribution in [-0.4, -0.2) is 182 Å². The Morgan fingerprint density at radius 3 is 1.88 bits per heavy atom. The summed E-state index contributed by atoms with van der Waals surface area (Å²) < 4.78 is 7.97. The molecule has 5 aliphatic rings. The number of anilines is 3. The highest BCUT2D eigenvalue weighted by Crippen LogP contribution is 2.42. The highest BCUT2D eigenvalue weighted by atomic mass is 35.5. The quantitative estimate of drug-likeness (QED) is 0.0758. The van der Waals surface area contributed by atoms with E-state index < -0.39 is 23.7 Å². The SMILES string of the molecule is COC(=O)CNC(=O)CNC(=O)Cn1nc(C2CCN(C(=O)CCC(=O)N3CCC(C(=O)N4CCC(C(=O)N5CCC(c6ccc(Nc7nc(N8CCCCC8)cnc7C(N)=O)cc6)CC5)CC4)CC3)CC2)c2c(-c3cc4c(cnn4C)cc3Cl)cccc21. The highest BCUT2D eigenvalue weighted by molar-refractivity contribution is 6.34. The number of likely N-dealkylation sites (tertiary alicyclic amines) is 4. The van der Waals surface area contributed by atoms with Crippen LogP contribution in [0.25, 0.3) is 32.9 Å². The van der Waals surface area contributed by atoms with Gasteiger partial charge < -0.3 is 50.9 Å². The summed E-state index contributed by atoms with van der Waals surface area (Å²) in [6.07, 6.45) is 12.1. The van der Waals surface area contributed by atoms with Gasteiger partial charge in [0.15, 0.2) is 11.5 Å². The first kappa shape index (κ1) is 62.0. The molecule has 5 aliphatic heterocycles. The average Bonchev–Trinajstić information content (AvgIpc) is 1.73. The van der Waals surface area contributed by atoms with Crippen LogP contribution in [0.3, 0.4) is 0 Å². The van der Waals surface area contributed by atoms with Crippen LogP contribution in [0.15, 0.2) is 67.0 Å². The van der Waals surface area contributed by atoms with Gasteiger partial charge in [-0.25, -0.2) is 9.97 Å². The number of amides is 7. The number of aromatic nitrogens is 6. The number of fused-ring (bicyclic) bond motifs is 2. The molecule has 3 aromatic heterocycles. The van der Waals surface area contributed by atoms with E-state index in [2.05, 4.69) is 47.8 Å². The maximum atomic E-state index is 13.8. The molecule has 3 aromatic carbocycles. The molecule has 11 rings (SSSR count). The van der Waals surface area contributed by atoms with Gasteiger partial charge in [-0.3, -0.25) is 47.7 Å². The minimum atomic E-state index is -0.645. The van der Waals surface area contributed by atoms with Gasteiger partial charge in [0, 0.05) is 130 Å². The van der Waals surface area contributed by atoms with Crippen LogP contribution in [0.2, 0.25) is 5.02 Å². The molecule has 0 unspecified atom stereocenters. The third-order valence-electron chi connectivity index (χ3n) is 18.6. The molecule has 0 atom stereocenters. The summed E-state index contributed by atoms with van der Waals surface area (Å²) in [5, 5.41) is 20.0. The Hall–Kier alpha value is -8.67. The van der Waals surface area contributed by atoms with Crippen molar-refractivity contribution in [2.75, 3.05) is 95.9 Å². The van der Waals surface area contributed by atoms with E-state index in [-0.39, 0.29) is 79.6 Å². The van der Waals surface area contributed by atoms with Crippen molar-refractivity contribution in [3.8, 4) is 11.1 Å². The summed E-state index contributed by atoms with van der Waals surface area (Å²) in [6, 6.07) is 17.7. The number of nitrogens with two attached hydrogens (primary N) is 1. The van der Waals surface area contributed by atoms with E-state index in [4.69, 9.17) is 27.4 Å². The van der Waals surface area contributed by atoms with E-state index >= 15 is 0 Å². The van der Waals surface area contributed by atoms with Crippen molar-refractivity contribution in [1.82, 2.24) is 59.8 Å². The molecule has 470 valence electrons. The number of piperidine rings is 5. The predicted molar refractivity (Wildman–Crippen MR) is 334 cm³/mol. The second-order valence-corrected chi connectivity index (χ2v) is 24.5. The lowest BCUT2D eigenvalue weighted by Crippen LogP contribution is -2.49. The first-order valence-electron chi connectivity index (χ1n) is 31.2. The number of aryl methyl sites for hydroxylation is 1. The largest absolute Gasteiger partial charge is 0.468 e. The fourth-order valence-corrected chi connectivity index (χ4v) is 13.7. The van der Waals surface area contributed by atoms with Gasteiger partial charge in [0.05, 0.1) is 42.8 Å². The van der Waals surface area contributed by atoms with Crippen molar-refractivity contribution in [3.63, 3.8) is 0 Å². The topological polar surface area (TPSA) is 286 Å². The smallest absolute Gasteiger partial charge is 0.325 e. The zero-order chi connectivity index (χ0) is 62.3. The Morgan fingerprint density at radius 2 is 1.25 bits per heavy atom. The minimum absolute atomic E-state index is 0.0701. The second-order valence-electron chi connectivity index (χ2n) is 24.1. The number of primary amides is 1. The van der Waals surface area contributed by atoms with Gasteiger partial charge in [-0.15, -0.1) is 0 Å². The number of rotatable bonds is 18. The molecule has 6 aromatic rings. The van der Waals surface area contributed by atoms with E-state index in [1.54, 1.807) is 31.6 Å². The lowest BCUT2D eigenvalue weighted by Gasteiger charge is -2.39. The summed E-state index contributed by atoms with van der Waals surface area (Å²) in [5.41, 5.74) is 11.6. The van der Waals surface area contributed by atoms with Gasteiger partial charge in [-0.1, -0.05) is 35.9 Å². The third kappa shape index (κ3) is 14.3. The third-order valence-corrected chi connectivity index (χ3v) is 18.9. The number of hydrogen-bond acceptors (Lipinski definition) is 15. The van der Waals surface area contributed by atoms with E-state index in [0.29, 0.717) is 113 Å². The van der Waals surface area contributed by atoms with Crippen LogP contribution in [0, 0.1) is 11.8 Å². The Kier molecular flexibility index (Phi) is 19.3. The summed E-state index contributed by atoms with van der Waals surface area (Å²) in [7, 11) is 3.08. The maximum absolute atomic E-state index is 13.8. The number of benzene rings is 3. The van der Waals surface area contributed by atoms with E-state index in [9.17, 15) is 38.4 Å². The number of hydrogen-bond donors (Lipinski definition) is 4. The van der Waals surface area contributed by atoms with Crippen molar-refractivity contribution in [2.45, 2.75) is 102 Å². The van der Waals surface area contributed by atoms with Gasteiger partial charge in [0.2, 0.25) is 35.4 Å². The lowest BCUT2D eigenvalue weighted by atomic mass is 9.87. The van der Waals surface area contributed by atoms with Gasteiger partial charge in [-0.05, 0) is 118 Å². The summed E-state index contributed by atoms with van der Waals surface area (Å²) in [4.78, 5) is 123. The Morgan fingerprint density at radius 1 is 0.652 bits per heavy atom. The monoisotopic (exact) mass is 1240 g/mol. The van der Waals surface area contributed by atoms with E-state index in [0.717, 1.165) is 83.4 Å². The van der Waals surface area contributed by atoms with Gasteiger partial charge in [0.25, 0.3) is 5.91 Å². The van der Waals surface area contributed by atoms with Crippen molar-refractivity contribution in [3.05, 3.63) is 89.0 Å². The van der Waals surface area contributed by atoms with E-state index in [1.807, 2.05) is 59.3 Å². The number of nitrogens with one attached hydrogen (secondary N) is 3. The molecule has 0 bridgehead atoms. The van der Waals surface area contributed by atoms with Gasteiger partial charge >= 0.3 is 5.97 Å². The Balaban J connectivity index is 0.617. The van der Waals surface area contributed by atoms with Crippen LogP contribution in [0.1, 0.15) is 117 Å². The zero-order valence-electron chi connectivity index (χ0n) is 50.6. The van der Waals surface area contributed by atoms with Gasteiger partial charge in [0.1, 0.15) is 18.9 Å². The molecular weight excluding hydrogens is 1160 g/mol. The van der Waals surface area contributed by atoms with Crippen LogP contribution < -0.4 is 26.6 Å². The first-order chi connectivity index (χ1) is 43.1. The molecule has 0 spiro atoms. The fraction of sp³-hybridized carbons (Fsp3) is 0.500. The molecule has 89 heavy (non-hydrogen) atoms. The number of carbonyl (C=O) groups excluding carboxylic acids is 8. The standard InChI is InChI=1S/C64H78ClN15O9/c1-74-51-34-48(49(65)33-45(51)35-70-74)47-7-6-8-50-58(47)59(73-80(50)39-54(82)67-37-53(81)68-38-57(85)89-2)42-17-25-76(26-18-42)55(83)13-14-56(84)77-27-19-43(20-28-77)63(87)79-31-21-44(22-32-79)64(88)78-29-15-41(16-30-78)40-9-11-46(12-10-40)71-62-60(61(66)86)69-36-52(72-62)75-23-4-3-5-24-75/h6-12,33-36,41-44H,3-5,13-32,37-39H2,1-2H3,(H2,66,86)(H,67,82)(H,68,81)(H,71,72). The second kappa shape index (κ2) is 27.8. The number of esters is 1. The van der Waals surface area contributed by atoms with Crippen molar-refractivity contribution >= 4 is 98.0 Å². The number of ether oxygens (including phenoxy) is 1. The number of carbonyl (C=O) groups is 8. The predicted octanol–water partition coefficient (Wildman–Crippen LogP) is 5.64. The number of halogens is 1. The summed E-state index contributed by atoms with van der Waals surface area (Å²) in [6.45, 7) is 5.11. The summed E-state index contributed by atoms with van der Waals surface area (Å²) >= 11 is 6.98. The number of methoxy groups -OCH3 is 1. The highest BCUT2D eigenvalue weighted by Gasteiger charge is 2.37. The maximum Gasteiger partial charge on any atom is 0.325 e. The Labute approximate surface area is 521 Å². The van der Waals surface area contributed by atoms with Crippen LogP contribution >= 0.6 is 11.6 Å². The molecule has 5 fully saturated rings. The Bertz CT molecular complexity index is 3630. The minimum Gasteiger partial charge on any atom is -0.468 e. The van der Waals surface area contributed by atoms with Crippen LogP contribution in [-0.2, 0) is 51.9 Å². The van der Waals surface area contributed by atoms with Crippen LogP contribution in [0.5, 0.6) is 0 Å². The fourth-order valence-electron chi connectivity index (χ4n) is 13.4. The normalized spacial score (nSPS) is 17.4. The molecule has 7 amide bonds. The molecule has 0 saturated carbocycles. The molecule has 5 N–H and O–H groups in total. The van der Waals surface area contributed by atoms with Crippen molar-refractivity contribution in [1.29, 1.82) is 0 Å². The average molecular weight is 1240 g/mol. The van der Waals surface area contributed by atoms with E-state index in [1.165, 1.54) is 19.1 Å². The van der Waals surface area contributed by atoms with Crippen molar-refractivity contribution < 1.29 is 43.1 Å². The van der Waals surface area contributed by atoms with Gasteiger partial charge in [-0.2, -0.15) is 10.2 Å². The molecule has 25 heteroatoms. The molecule has 0 aliphatic carbocycles. The number of nitrogens with zero attached hydrogens (tertiary/aromatic N) is 11. The molecule has 0 radical (unpaired) electrons. The molecule has 24 nitrogen and oxygen atoms in total. The molecule has 5 saturated heterocycles. The zero-order valence-corrected chi connectivity index (χ0v) is 51.3.